The zero-order chi connectivity index (χ0) is 23.3. The minimum absolute atomic E-state index is 0.0746. The summed E-state index contributed by atoms with van der Waals surface area (Å²) in [6, 6.07) is 4.08. The van der Waals surface area contributed by atoms with Crippen molar-refractivity contribution in [1.82, 2.24) is 24.3 Å². The molecule has 4 heterocycles. The quantitative estimate of drug-likeness (QED) is 0.593. The number of nitrogens with zero attached hydrogens (tertiary/aromatic N) is 6. The van der Waals surface area contributed by atoms with E-state index in [1.165, 1.54) is 6.20 Å². The van der Waals surface area contributed by atoms with Crippen LogP contribution in [0.2, 0.25) is 0 Å². The SMILES string of the molecule is CC[C@H]1CN(C(=O)C2(C#N)CC2)C[C@H]1Nc1c(C(N)=O)cnn2cc(-c3cnn(C)c3)cc12. The van der Waals surface area contributed by atoms with Gasteiger partial charge in [0, 0.05) is 49.7 Å². The molecule has 0 aromatic carbocycles. The van der Waals surface area contributed by atoms with Crippen LogP contribution in [0, 0.1) is 22.7 Å². The van der Waals surface area contributed by atoms with Crippen LogP contribution in [-0.4, -0.2) is 55.2 Å². The molecular formula is C23H26N8O2. The second-order valence-corrected chi connectivity index (χ2v) is 9.08. The van der Waals surface area contributed by atoms with Gasteiger partial charge in [0.2, 0.25) is 5.91 Å². The molecule has 10 heteroatoms. The maximum absolute atomic E-state index is 12.9. The molecule has 33 heavy (non-hydrogen) atoms. The smallest absolute Gasteiger partial charge is 0.252 e. The molecule has 3 aromatic heterocycles. The summed E-state index contributed by atoms with van der Waals surface area (Å²) in [7, 11) is 1.85. The Hall–Kier alpha value is -3.87. The molecule has 2 fully saturated rings. The van der Waals surface area contributed by atoms with Crippen LogP contribution >= 0.6 is 0 Å². The Labute approximate surface area is 190 Å². The van der Waals surface area contributed by atoms with Gasteiger partial charge < -0.3 is 16.0 Å². The number of aromatic nitrogens is 4. The number of nitrogens with one attached hydrogen (secondary N) is 1. The molecule has 3 N–H and O–H groups in total. The Kier molecular flexibility index (Phi) is 4.85. The molecule has 0 unspecified atom stereocenters. The van der Waals surface area contributed by atoms with E-state index in [2.05, 4.69) is 28.5 Å². The average molecular weight is 447 g/mol. The van der Waals surface area contributed by atoms with Crippen molar-refractivity contribution < 1.29 is 9.59 Å². The summed E-state index contributed by atoms with van der Waals surface area (Å²) in [5.74, 6) is -0.466. The first-order valence-corrected chi connectivity index (χ1v) is 11.1. The van der Waals surface area contributed by atoms with Crippen molar-refractivity contribution in [3.05, 3.63) is 36.4 Å². The molecule has 1 aliphatic heterocycles. The zero-order valence-corrected chi connectivity index (χ0v) is 18.7. The fourth-order valence-electron chi connectivity index (χ4n) is 4.72. The summed E-state index contributed by atoms with van der Waals surface area (Å²) in [6.07, 6.45) is 9.15. The third-order valence-electron chi connectivity index (χ3n) is 6.90. The second kappa shape index (κ2) is 7.62. The molecule has 0 radical (unpaired) electrons. The molecule has 3 aromatic rings. The summed E-state index contributed by atoms with van der Waals surface area (Å²) in [5, 5.41) is 21.6. The van der Waals surface area contributed by atoms with Gasteiger partial charge in [0.25, 0.3) is 5.91 Å². The Balaban J connectivity index is 1.49. The lowest BCUT2D eigenvalue weighted by Crippen LogP contribution is -2.36. The first kappa shape index (κ1) is 21.0. The highest BCUT2D eigenvalue weighted by Crippen LogP contribution is 2.47. The third kappa shape index (κ3) is 3.50. The van der Waals surface area contributed by atoms with E-state index >= 15 is 0 Å². The average Bonchev–Trinajstić information content (AvgIpc) is 3.11. The maximum Gasteiger partial charge on any atom is 0.252 e. The molecular weight excluding hydrogens is 420 g/mol. The zero-order valence-electron chi connectivity index (χ0n) is 18.7. The number of fused-ring (bicyclic) bond motifs is 1. The molecule has 2 atom stereocenters. The monoisotopic (exact) mass is 446 g/mol. The molecule has 1 saturated heterocycles. The molecule has 1 saturated carbocycles. The molecule has 5 rings (SSSR count). The van der Waals surface area contributed by atoms with Gasteiger partial charge in [0.1, 0.15) is 5.41 Å². The van der Waals surface area contributed by atoms with Crippen molar-refractivity contribution in [3.8, 4) is 17.2 Å². The number of nitrogens with two attached hydrogens (primary N) is 1. The molecule has 170 valence electrons. The van der Waals surface area contributed by atoms with Gasteiger partial charge in [-0.15, -0.1) is 0 Å². The van der Waals surface area contributed by atoms with Crippen LogP contribution in [0.3, 0.4) is 0 Å². The van der Waals surface area contributed by atoms with Gasteiger partial charge in [-0.25, -0.2) is 4.52 Å². The highest BCUT2D eigenvalue weighted by Gasteiger charge is 2.54. The largest absolute Gasteiger partial charge is 0.378 e. The van der Waals surface area contributed by atoms with E-state index in [9.17, 15) is 14.9 Å². The second-order valence-electron chi connectivity index (χ2n) is 9.08. The number of aryl methyl sites for hydroxylation is 1. The van der Waals surface area contributed by atoms with Gasteiger partial charge >= 0.3 is 0 Å². The summed E-state index contributed by atoms with van der Waals surface area (Å²) in [6.45, 7) is 3.15. The highest BCUT2D eigenvalue weighted by atomic mass is 16.2. The predicted molar refractivity (Wildman–Crippen MR) is 121 cm³/mol. The Morgan fingerprint density at radius 3 is 2.64 bits per heavy atom. The lowest BCUT2D eigenvalue weighted by atomic mass is 10.00. The number of hydrogen-bond acceptors (Lipinski definition) is 6. The minimum Gasteiger partial charge on any atom is -0.378 e. The number of carbonyl (C=O) groups is 2. The third-order valence-corrected chi connectivity index (χ3v) is 6.90. The van der Waals surface area contributed by atoms with Crippen LogP contribution in [0.4, 0.5) is 5.69 Å². The first-order chi connectivity index (χ1) is 15.8. The van der Waals surface area contributed by atoms with Crippen LogP contribution < -0.4 is 11.1 Å². The van der Waals surface area contributed by atoms with E-state index in [4.69, 9.17) is 5.73 Å². The topological polar surface area (TPSA) is 134 Å². The van der Waals surface area contributed by atoms with Crippen LogP contribution in [0.25, 0.3) is 16.6 Å². The number of hydrogen-bond donors (Lipinski definition) is 2. The normalized spacial score (nSPS) is 21.2. The van der Waals surface area contributed by atoms with E-state index in [-0.39, 0.29) is 17.9 Å². The molecule has 0 spiro atoms. The van der Waals surface area contributed by atoms with E-state index in [1.807, 2.05) is 25.5 Å². The number of primary amides is 1. The summed E-state index contributed by atoms with van der Waals surface area (Å²) in [5.41, 5.74) is 8.33. The van der Waals surface area contributed by atoms with E-state index in [1.54, 1.807) is 20.3 Å². The predicted octanol–water partition coefficient (Wildman–Crippen LogP) is 1.79. The fourth-order valence-corrected chi connectivity index (χ4v) is 4.72. The molecule has 0 bridgehead atoms. The lowest BCUT2D eigenvalue weighted by Gasteiger charge is -2.22. The highest BCUT2D eigenvalue weighted by molar-refractivity contribution is 6.02. The van der Waals surface area contributed by atoms with Crippen molar-refractivity contribution in [3.63, 3.8) is 0 Å². The fraction of sp³-hybridized carbons (Fsp3) is 0.435. The number of likely N-dealkylation sites (tertiary alicyclic amines) is 1. The van der Waals surface area contributed by atoms with Crippen molar-refractivity contribution >= 4 is 23.0 Å². The van der Waals surface area contributed by atoms with Gasteiger partial charge in [0.15, 0.2) is 0 Å². The van der Waals surface area contributed by atoms with Crippen molar-refractivity contribution in [2.45, 2.75) is 32.2 Å². The Bertz CT molecular complexity index is 1300. The summed E-state index contributed by atoms with van der Waals surface area (Å²) >= 11 is 0. The van der Waals surface area contributed by atoms with Crippen molar-refractivity contribution in [2.75, 3.05) is 18.4 Å². The Morgan fingerprint density at radius 2 is 2.03 bits per heavy atom. The lowest BCUT2D eigenvalue weighted by molar-refractivity contribution is -0.134. The van der Waals surface area contributed by atoms with E-state index in [0.717, 1.165) is 23.1 Å². The number of nitriles is 1. The van der Waals surface area contributed by atoms with E-state index < -0.39 is 11.3 Å². The van der Waals surface area contributed by atoms with Gasteiger partial charge in [-0.05, 0) is 31.2 Å². The van der Waals surface area contributed by atoms with Crippen LogP contribution in [0.5, 0.6) is 0 Å². The number of rotatable bonds is 6. The summed E-state index contributed by atoms with van der Waals surface area (Å²) in [4.78, 5) is 27.0. The minimum atomic E-state index is -0.838. The van der Waals surface area contributed by atoms with E-state index in [0.29, 0.717) is 37.2 Å². The van der Waals surface area contributed by atoms with Crippen LogP contribution in [0.15, 0.2) is 30.9 Å². The van der Waals surface area contributed by atoms with Crippen LogP contribution in [0.1, 0.15) is 36.5 Å². The van der Waals surface area contributed by atoms with Crippen LogP contribution in [-0.2, 0) is 11.8 Å². The van der Waals surface area contributed by atoms with Crippen molar-refractivity contribution in [1.29, 1.82) is 5.26 Å². The molecule has 1 aliphatic carbocycles. The van der Waals surface area contributed by atoms with Crippen molar-refractivity contribution in [2.24, 2.45) is 24.1 Å². The standard InChI is InChI=1S/C23H26N8O2/c1-3-14-10-30(22(33)23(13-24)4-5-23)12-18(14)28-20-17(21(25)32)8-27-31-11-15(6-19(20)31)16-7-26-29(2)9-16/h6-9,11,14,18,28H,3-5,10,12H2,1-2H3,(H2,25,32)/t14-,18+/m0/s1. The maximum atomic E-state index is 12.9. The van der Waals surface area contributed by atoms with Gasteiger partial charge in [0.05, 0.1) is 35.2 Å². The molecule has 2 aliphatic rings. The summed E-state index contributed by atoms with van der Waals surface area (Å²) < 4.78 is 3.44. The molecule has 2 amide bonds. The molecule has 10 nitrogen and oxygen atoms in total. The number of carbonyl (C=O) groups excluding carboxylic acids is 2. The van der Waals surface area contributed by atoms with Gasteiger partial charge in [-0.3, -0.25) is 14.3 Å². The number of anilines is 1. The van der Waals surface area contributed by atoms with Gasteiger partial charge in [-0.2, -0.15) is 15.5 Å². The number of amides is 2. The first-order valence-electron chi connectivity index (χ1n) is 11.1. The van der Waals surface area contributed by atoms with Gasteiger partial charge in [-0.1, -0.05) is 6.92 Å². The Morgan fingerprint density at radius 1 is 1.24 bits per heavy atom.